The molecule has 0 aromatic heterocycles. The molecule has 0 fully saturated rings. The van der Waals surface area contributed by atoms with E-state index in [4.69, 9.17) is 5.11 Å². The summed E-state index contributed by atoms with van der Waals surface area (Å²) >= 11 is 0. The highest BCUT2D eigenvalue weighted by atomic mass is 16.4. The van der Waals surface area contributed by atoms with Crippen molar-refractivity contribution in [3.8, 4) is 5.75 Å². The molecule has 0 aliphatic rings. The number of hydrogen-bond donors (Lipinski definition) is 2. The molecule has 0 saturated heterocycles. The summed E-state index contributed by atoms with van der Waals surface area (Å²) in [6.45, 7) is 14.4. The number of phenolic OH excluding ortho intramolecular Hbond substituents is 1. The Balaban J connectivity index is 3.58. The van der Waals surface area contributed by atoms with Gasteiger partial charge in [-0.2, -0.15) is 0 Å². The molecule has 0 saturated carbocycles. The number of aliphatic carboxylic acids is 1. The highest BCUT2D eigenvalue weighted by Gasteiger charge is 2.29. The van der Waals surface area contributed by atoms with E-state index in [1.54, 1.807) is 0 Å². The molecule has 0 spiro atoms. The maximum Gasteiger partial charge on any atom is 0.303 e. The molecule has 0 bridgehead atoms. The minimum absolute atomic E-state index is 0.0816. The highest BCUT2D eigenvalue weighted by molar-refractivity contribution is 5.67. The van der Waals surface area contributed by atoms with Gasteiger partial charge in [-0.05, 0) is 40.9 Å². The molecule has 0 amide bonds. The predicted octanol–water partition coefficient (Wildman–Crippen LogP) is 4.31. The molecule has 0 heterocycles. The number of carboxylic acid groups (broad SMARTS) is 1. The average Bonchev–Trinajstić information content (AvgIpc) is 2.25. The molecule has 1 rings (SSSR count). The largest absolute Gasteiger partial charge is 0.507 e. The standard InChI is InChI=1S/C18H28O3/c1-11-10-13(17(2,3)4)16(21)15(18(5,6)7)12(11)8-9-14(19)20/h10,21H,8-9H2,1-7H3,(H,19,20). The first-order valence-corrected chi connectivity index (χ1v) is 7.44. The van der Waals surface area contributed by atoms with Crippen molar-refractivity contribution in [1.29, 1.82) is 0 Å². The molecule has 0 atom stereocenters. The molecule has 0 radical (unpaired) electrons. The van der Waals surface area contributed by atoms with Crippen LogP contribution in [0.15, 0.2) is 6.07 Å². The van der Waals surface area contributed by atoms with Gasteiger partial charge in [0.15, 0.2) is 0 Å². The normalized spacial score (nSPS) is 12.5. The van der Waals surface area contributed by atoms with E-state index in [-0.39, 0.29) is 17.3 Å². The van der Waals surface area contributed by atoms with Crippen molar-refractivity contribution in [2.75, 3.05) is 0 Å². The number of aromatic hydroxyl groups is 1. The second kappa shape index (κ2) is 5.70. The summed E-state index contributed by atoms with van der Waals surface area (Å²) in [5, 5.41) is 19.7. The number of carboxylic acids is 1. The Morgan fingerprint density at radius 1 is 1.10 bits per heavy atom. The quantitative estimate of drug-likeness (QED) is 0.872. The minimum atomic E-state index is -0.811. The van der Waals surface area contributed by atoms with Crippen molar-refractivity contribution in [2.24, 2.45) is 0 Å². The van der Waals surface area contributed by atoms with Crippen molar-refractivity contribution < 1.29 is 15.0 Å². The first-order valence-electron chi connectivity index (χ1n) is 7.44. The molecule has 3 heteroatoms. The van der Waals surface area contributed by atoms with Crippen LogP contribution in [0.1, 0.15) is 70.2 Å². The molecule has 3 nitrogen and oxygen atoms in total. The number of aryl methyl sites for hydroxylation is 1. The van der Waals surface area contributed by atoms with Gasteiger partial charge in [-0.1, -0.05) is 47.6 Å². The Kier molecular flexibility index (Phi) is 4.76. The predicted molar refractivity (Wildman–Crippen MR) is 86.2 cm³/mol. The lowest BCUT2D eigenvalue weighted by molar-refractivity contribution is -0.136. The monoisotopic (exact) mass is 292 g/mol. The van der Waals surface area contributed by atoms with E-state index in [0.29, 0.717) is 12.2 Å². The van der Waals surface area contributed by atoms with E-state index in [1.807, 2.05) is 13.0 Å². The summed E-state index contributed by atoms with van der Waals surface area (Å²) in [6, 6.07) is 2.00. The fraction of sp³-hybridized carbons (Fsp3) is 0.611. The first-order chi connectivity index (χ1) is 9.35. The SMILES string of the molecule is Cc1cc(C(C)(C)C)c(O)c(C(C)(C)C)c1CCC(=O)O. The fourth-order valence-electron chi connectivity index (χ4n) is 2.78. The highest BCUT2D eigenvalue weighted by Crippen LogP contribution is 2.42. The van der Waals surface area contributed by atoms with Crippen LogP contribution in [0.5, 0.6) is 5.75 Å². The van der Waals surface area contributed by atoms with Gasteiger partial charge in [0, 0.05) is 12.0 Å². The van der Waals surface area contributed by atoms with Crippen molar-refractivity contribution in [1.82, 2.24) is 0 Å². The molecule has 21 heavy (non-hydrogen) atoms. The van der Waals surface area contributed by atoms with Crippen LogP contribution < -0.4 is 0 Å². The Labute approximate surface area is 128 Å². The molecule has 0 aliphatic heterocycles. The molecule has 2 N–H and O–H groups in total. The van der Waals surface area contributed by atoms with Gasteiger partial charge in [0.1, 0.15) is 5.75 Å². The summed E-state index contributed by atoms with van der Waals surface area (Å²) in [5.41, 5.74) is 3.45. The van der Waals surface area contributed by atoms with Crippen LogP contribution in [0.3, 0.4) is 0 Å². The fourth-order valence-corrected chi connectivity index (χ4v) is 2.78. The average molecular weight is 292 g/mol. The van der Waals surface area contributed by atoms with E-state index in [1.165, 1.54) is 0 Å². The zero-order valence-corrected chi connectivity index (χ0v) is 14.3. The third kappa shape index (κ3) is 3.99. The Morgan fingerprint density at radius 2 is 1.62 bits per heavy atom. The van der Waals surface area contributed by atoms with E-state index >= 15 is 0 Å². The van der Waals surface area contributed by atoms with Gasteiger partial charge in [0.05, 0.1) is 0 Å². The summed E-state index contributed by atoms with van der Waals surface area (Å²) in [4.78, 5) is 10.9. The third-order valence-corrected chi connectivity index (χ3v) is 3.78. The van der Waals surface area contributed by atoms with Gasteiger partial charge in [-0.3, -0.25) is 4.79 Å². The Hall–Kier alpha value is -1.51. The molecule has 0 unspecified atom stereocenters. The summed E-state index contributed by atoms with van der Waals surface area (Å²) in [7, 11) is 0. The van der Waals surface area contributed by atoms with Crippen molar-refractivity contribution in [3.05, 3.63) is 28.3 Å². The Morgan fingerprint density at radius 3 is 2.00 bits per heavy atom. The summed E-state index contributed by atoms with van der Waals surface area (Å²) in [5.74, 6) is -0.491. The zero-order chi connectivity index (χ0) is 16.6. The van der Waals surface area contributed by atoms with Gasteiger partial charge in [-0.15, -0.1) is 0 Å². The maximum absolute atomic E-state index is 10.9. The lowest BCUT2D eigenvalue weighted by Crippen LogP contribution is -2.20. The molecule has 0 aliphatic carbocycles. The van der Waals surface area contributed by atoms with E-state index in [0.717, 1.165) is 22.3 Å². The second-order valence-electron chi connectivity index (χ2n) is 7.84. The van der Waals surface area contributed by atoms with Crippen LogP contribution in [-0.4, -0.2) is 16.2 Å². The van der Waals surface area contributed by atoms with Gasteiger partial charge in [0.2, 0.25) is 0 Å². The van der Waals surface area contributed by atoms with Gasteiger partial charge in [-0.25, -0.2) is 0 Å². The minimum Gasteiger partial charge on any atom is -0.507 e. The number of hydrogen-bond acceptors (Lipinski definition) is 2. The number of phenols is 1. The smallest absolute Gasteiger partial charge is 0.303 e. The molecular weight excluding hydrogens is 264 g/mol. The van der Waals surface area contributed by atoms with Crippen LogP contribution in [0.25, 0.3) is 0 Å². The maximum atomic E-state index is 10.9. The van der Waals surface area contributed by atoms with Crippen LogP contribution >= 0.6 is 0 Å². The van der Waals surface area contributed by atoms with Crippen molar-refractivity contribution in [3.63, 3.8) is 0 Å². The number of carbonyl (C=O) groups is 1. The van der Waals surface area contributed by atoms with Crippen LogP contribution in [0, 0.1) is 6.92 Å². The summed E-state index contributed by atoms with van der Waals surface area (Å²) in [6.07, 6.45) is 0.532. The van der Waals surface area contributed by atoms with Crippen LogP contribution in [0.4, 0.5) is 0 Å². The van der Waals surface area contributed by atoms with Crippen LogP contribution in [-0.2, 0) is 22.0 Å². The van der Waals surface area contributed by atoms with E-state index in [2.05, 4.69) is 41.5 Å². The van der Waals surface area contributed by atoms with E-state index < -0.39 is 5.97 Å². The lowest BCUT2D eigenvalue weighted by atomic mass is 9.75. The molecule has 1 aromatic rings. The molecular formula is C18H28O3. The molecule has 1 aromatic carbocycles. The lowest BCUT2D eigenvalue weighted by Gasteiger charge is -2.31. The Bertz CT molecular complexity index is 543. The first kappa shape index (κ1) is 17.5. The van der Waals surface area contributed by atoms with Gasteiger partial charge in [0.25, 0.3) is 0 Å². The second-order valence-corrected chi connectivity index (χ2v) is 7.84. The summed E-state index contributed by atoms with van der Waals surface area (Å²) < 4.78 is 0. The topological polar surface area (TPSA) is 57.5 Å². The van der Waals surface area contributed by atoms with E-state index in [9.17, 15) is 9.90 Å². The van der Waals surface area contributed by atoms with Gasteiger partial charge < -0.3 is 10.2 Å². The van der Waals surface area contributed by atoms with Crippen LogP contribution in [0.2, 0.25) is 0 Å². The number of benzene rings is 1. The molecule has 118 valence electrons. The van der Waals surface area contributed by atoms with Crippen molar-refractivity contribution in [2.45, 2.75) is 72.1 Å². The third-order valence-electron chi connectivity index (χ3n) is 3.78. The van der Waals surface area contributed by atoms with Crippen molar-refractivity contribution >= 4 is 5.97 Å². The number of rotatable bonds is 3. The van der Waals surface area contributed by atoms with Gasteiger partial charge >= 0.3 is 5.97 Å². The zero-order valence-electron chi connectivity index (χ0n) is 14.3.